The van der Waals surface area contributed by atoms with Crippen molar-refractivity contribution in [2.75, 3.05) is 13.4 Å². The van der Waals surface area contributed by atoms with Crippen LogP contribution in [0.5, 0.6) is 5.75 Å². The molecule has 0 saturated heterocycles. The van der Waals surface area contributed by atoms with Gasteiger partial charge >= 0.3 is 0 Å². The summed E-state index contributed by atoms with van der Waals surface area (Å²) < 4.78 is 7.41. The molecular weight excluding hydrogens is 340 g/mol. The summed E-state index contributed by atoms with van der Waals surface area (Å²) in [5.74, 6) is 1.32. The largest absolute Gasteiger partial charge is 0.496 e. The van der Waals surface area contributed by atoms with Crippen molar-refractivity contribution in [3.8, 4) is 17.1 Å². The zero-order valence-corrected chi connectivity index (χ0v) is 14.9. The van der Waals surface area contributed by atoms with Crippen LogP contribution in [0.2, 0.25) is 0 Å². The van der Waals surface area contributed by atoms with Gasteiger partial charge in [0.1, 0.15) is 5.75 Å². The standard InChI is InChI=1S/C17H16N4OS2/c1-22-15-6-4-3-5-14(15)16-19-20-17(23)21(16)18-11-12-7-9-13(24-2)10-8-12/h3-11H,1-2H3,(H,20,23)/b18-11+. The fraction of sp³-hybridized carbons (Fsp3) is 0.118. The normalized spacial score (nSPS) is 11.1. The Kier molecular flexibility index (Phi) is 5.12. The molecule has 2 aromatic carbocycles. The first-order valence-electron chi connectivity index (χ1n) is 7.22. The Morgan fingerprint density at radius 2 is 1.96 bits per heavy atom. The number of hydrogen-bond acceptors (Lipinski definition) is 5. The molecule has 0 amide bonds. The number of methoxy groups -OCH3 is 1. The first-order valence-corrected chi connectivity index (χ1v) is 8.85. The third kappa shape index (κ3) is 3.42. The highest BCUT2D eigenvalue weighted by Crippen LogP contribution is 2.28. The Morgan fingerprint density at radius 3 is 2.67 bits per heavy atom. The average Bonchev–Trinajstić information content (AvgIpc) is 3.00. The van der Waals surface area contributed by atoms with Gasteiger partial charge in [0.2, 0.25) is 4.77 Å². The summed E-state index contributed by atoms with van der Waals surface area (Å²) in [5.41, 5.74) is 1.81. The number of benzene rings is 2. The highest BCUT2D eigenvalue weighted by atomic mass is 32.2. The Bertz CT molecular complexity index is 913. The van der Waals surface area contributed by atoms with Gasteiger partial charge < -0.3 is 4.74 Å². The summed E-state index contributed by atoms with van der Waals surface area (Å²) in [5, 5.41) is 11.5. The molecule has 0 radical (unpaired) electrons. The van der Waals surface area contributed by atoms with Crippen LogP contribution in [0.3, 0.4) is 0 Å². The van der Waals surface area contributed by atoms with Gasteiger partial charge in [-0.3, -0.25) is 0 Å². The number of nitrogens with one attached hydrogen (secondary N) is 1. The molecule has 5 nitrogen and oxygen atoms in total. The van der Waals surface area contributed by atoms with Gasteiger partial charge in [-0.05, 0) is 48.3 Å². The van der Waals surface area contributed by atoms with E-state index in [0.29, 0.717) is 16.3 Å². The Hall–Kier alpha value is -2.38. The molecule has 0 aliphatic rings. The van der Waals surface area contributed by atoms with Gasteiger partial charge in [-0.2, -0.15) is 14.9 Å². The maximum absolute atomic E-state index is 5.40. The third-order valence-corrected chi connectivity index (χ3v) is 4.44. The highest BCUT2D eigenvalue weighted by Gasteiger charge is 2.12. The topological polar surface area (TPSA) is 55.2 Å². The second-order valence-electron chi connectivity index (χ2n) is 4.88. The van der Waals surface area contributed by atoms with E-state index in [9.17, 15) is 0 Å². The fourth-order valence-electron chi connectivity index (χ4n) is 2.22. The van der Waals surface area contributed by atoms with Gasteiger partial charge in [0, 0.05) is 4.90 Å². The number of nitrogens with zero attached hydrogens (tertiary/aromatic N) is 3. The van der Waals surface area contributed by atoms with Crippen molar-refractivity contribution in [2.45, 2.75) is 4.90 Å². The molecular formula is C17H16N4OS2. The lowest BCUT2D eigenvalue weighted by molar-refractivity contribution is 0.416. The minimum Gasteiger partial charge on any atom is -0.496 e. The van der Waals surface area contributed by atoms with Crippen LogP contribution in [0, 0.1) is 4.77 Å². The van der Waals surface area contributed by atoms with E-state index in [1.165, 1.54) is 4.90 Å². The van der Waals surface area contributed by atoms with Crippen LogP contribution in [0.25, 0.3) is 11.4 Å². The Balaban J connectivity index is 1.98. The lowest BCUT2D eigenvalue weighted by Crippen LogP contribution is -1.97. The zero-order valence-electron chi connectivity index (χ0n) is 13.3. The van der Waals surface area contributed by atoms with Crippen LogP contribution in [0.1, 0.15) is 5.56 Å². The first-order chi connectivity index (χ1) is 11.7. The molecule has 24 heavy (non-hydrogen) atoms. The van der Waals surface area contributed by atoms with Gasteiger partial charge in [-0.25, -0.2) is 5.10 Å². The average molecular weight is 356 g/mol. The maximum Gasteiger partial charge on any atom is 0.216 e. The summed E-state index contributed by atoms with van der Waals surface area (Å²) in [7, 11) is 1.63. The van der Waals surface area contributed by atoms with Gasteiger partial charge in [0.25, 0.3) is 0 Å². The number of ether oxygens (including phenoxy) is 1. The first kappa shape index (κ1) is 16.5. The number of rotatable bonds is 5. The van der Waals surface area contributed by atoms with E-state index in [2.05, 4.69) is 27.4 Å². The number of aromatic amines is 1. The quantitative estimate of drug-likeness (QED) is 0.422. The van der Waals surface area contributed by atoms with E-state index < -0.39 is 0 Å². The lowest BCUT2D eigenvalue weighted by atomic mass is 10.2. The lowest BCUT2D eigenvalue weighted by Gasteiger charge is -2.06. The monoisotopic (exact) mass is 356 g/mol. The van der Waals surface area contributed by atoms with Gasteiger partial charge in [0.15, 0.2) is 5.82 Å². The molecule has 1 heterocycles. The molecule has 0 bridgehead atoms. The third-order valence-electron chi connectivity index (χ3n) is 3.44. The zero-order chi connectivity index (χ0) is 16.9. The molecule has 7 heteroatoms. The molecule has 0 saturated carbocycles. The molecule has 0 fully saturated rings. The fourth-order valence-corrected chi connectivity index (χ4v) is 2.80. The Morgan fingerprint density at radius 1 is 1.21 bits per heavy atom. The van der Waals surface area contributed by atoms with Crippen LogP contribution in [0.4, 0.5) is 0 Å². The molecule has 3 rings (SSSR count). The van der Waals surface area contributed by atoms with Gasteiger partial charge in [-0.1, -0.05) is 24.3 Å². The van der Waals surface area contributed by atoms with Gasteiger partial charge in [0.05, 0.1) is 18.9 Å². The van der Waals surface area contributed by atoms with Crippen molar-refractivity contribution in [3.05, 3.63) is 58.9 Å². The number of thioether (sulfide) groups is 1. The molecule has 0 atom stereocenters. The van der Waals surface area contributed by atoms with Crippen molar-refractivity contribution in [1.29, 1.82) is 0 Å². The van der Waals surface area contributed by atoms with Crippen molar-refractivity contribution in [3.63, 3.8) is 0 Å². The molecule has 0 unspecified atom stereocenters. The van der Waals surface area contributed by atoms with E-state index >= 15 is 0 Å². The molecule has 0 aliphatic heterocycles. The van der Waals surface area contributed by atoms with Crippen LogP contribution < -0.4 is 4.74 Å². The number of para-hydroxylation sites is 1. The molecule has 0 spiro atoms. The second-order valence-corrected chi connectivity index (χ2v) is 6.15. The van der Waals surface area contributed by atoms with Crippen LogP contribution in [-0.2, 0) is 0 Å². The predicted octanol–water partition coefficient (Wildman–Crippen LogP) is 4.22. The molecule has 122 valence electrons. The molecule has 3 aromatic rings. The van der Waals surface area contributed by atoms with E-state index in [4.69, 9.17) is 17.0 Å². The van der Waals surface area contributed by atoms with Crippen molar-refractivity contribution in [1.82, 2.24) is 14.9 Å². The molecule has 0 aliphatic carbocycles. The number of hydrogen-bond donors (Lipinski definition) is 1. The highest BCUT2D eigenvalue weighted by molar-refractivity contribution is 7.98. The van der Waals surface area contributed by atoms with E-state index in [1.54, 1.807) is 29.8 Å². The summed E-state index contributed by atoms with van der Waals surface area (Å²) >= 11 is 7.00. The molecule has 1 N–H and O–H groups in total. The van der Waals surface area contributed by atoms with Crippen LogP contribution >= 0.6 is 24.0 Å². The molecule has 1 aromatic heterocycles. The van der Waals surface area contributed by atoms with E-state index in [1.807, 2.05) is 42.7 Å². The summed E-state index contributed by atoms with van der Waals surface area (Å²) in [6, 6.07) is 15.8. The number of aromatic nitrogens is 3. The van der Waals surface area contributed by atoms with Crippen molar-refractivity contribution < 1.29 is 4.74 Å². The SMILES string of the molecule is COc1ccccc1-c1n[nH]c(=S)n1/N=C/c1ccc(SC)cc1. The summed E-state index contributed by atoms with van der Waals surface area (Å²) in [6.07, 6.45) is 3.81. The predicted molar refractivity (Wildman–Crippen MR) is 101 cm³/mol. The number of H-pyrrole nitrogens is 1. The maximum atomic E-state index is 5.40. The smallest absolute Gasteiger partial charge is 0.216 e. The van der Waals surface area contributed by atoms with Crippen LogP contribution in [-0.4, -0.2) is 34.5 Å². The summed E-state index contributed by atoms with van der Waals surface area (Å²) in [6.45, 7) is 0. The minimum absolute atomic E-state index is 0.424. The van der Waals surface area contributed by atoms with Crippen molar-refractivity contribution >= 4 is 30.2 Å². The second kappa shape index (κ2) is 7.46. The van der Waals surface area contributed by atoms with Crippen molar-refractivity contribution in [2.24, 2.45) is 5.10 Å². The Labute approximate surface area is 149 Å². The van der Waals surface area contributed by atoms with E-state index in [-0.39, 0.29) is 0 Å². The summed E-state index contributed by atoms with van der Waals surface area (Å²) in [4.78, 5) is 1.21. The van der Waals surface area contributed by atoms with E-state index in [0.717, 1.165) is 11.1 Å². The van der Waals surface area contributed by atoms with Gasteiger partial charge in [-0.15, -0.1) is 11.8 Å². The minimum atomic E-state index is 0.424. The van der Waals surface area contributed by atoms with Crippen LogP contribution in [0.15, 0.2) is 58.5 Å².